The number of para-hydroxylation sites is 1. The molecule has 17 heavy (non-hydrogen) atoms. The Balaban J connectivity index is 2.81. The summed E-state index contributed by atoms with van der Waals surface area (Å²) in [4.78, 5) is 0. The molecule has 0 heterocycles. The van der Waals surface area contributed by atoms with E-state index in [2.05, 4.69) is 11.9 Å². The fraction of sp³-hybridized carbons (Fsp3) is 0.385. The second-order valence-corrected chi connectivity index (χ2v) is 3.45. The molecule has 0 bridgehead atoms. The monoisotopic (exact) mass is 237 g/mol. The van der Waals surface area contributed by atoms with Gasteiger partial charge >= 0.3 is 0 Å². The summed E-state index contributed by atoms with van der Waals surface area (Å²) in [6.07, 6.45) is 1.69. The molecule has 2 N–H and O–H groups in total. The van der Waals surface area contributed by atoms with Crippen LogP contribution in [0.2, 0.25) is 0 Å². The number of benzene rings is 1. The molecule has 0 aliphatic heterocycles. The van der Waals surface area contributed by atoms with Gasteiger partial charge in [-0.1, -0.05) is 24.8 Å². The average Bonchev–Trinajstić information content (AvgIpc) is 2.37. The highest BCUT2D eigenvalue weighted by Gasteiger charge is 2.09. The first kappa shape index (κ1) is 13.5. The van der Waals surface area contributed by atoms with Gasteiger partial charge in [-0.2, -0.15) is 0 Å². The number of hydrogen-bond donors (Lipinski definition) is 2. The Kier molecular flexibility index (Phi) is 6.14. The van der Waals surface area contributed by atoms with E-state index in [1.807, 2.05) is 18.2 Å². The standard InChI is InChI=1S/C13H19NO3/c1-3-9-17-13-11(10-14-7-8-15)5-4-6-12(13)16-2/h3-6,14-15H,1,7-10H2,2H3. The lowest BCUT2D eigenvalue weighted by atomic mass is 10.2. The van der Waals surface area contributed by atoms with E-state index >= 15 is 0 Å². The number of nitrogens with one attached hydrogen (secondary N) is 1. The zero-order valence-corrected chi connectivity index (χ0v) is 10.1. The molecule has 0 saturated carbocycles. The molecular formula is C13H19NO3. The zero-order valence-electron chi connectivity index (χ0n) is 10.1. The first-order valence-electron chi connectivity index (χ1n) is 5.54. The van der Waals surface area contributed by atoms with Gasteiger partial charge in [0.25, 0.3) is 0 Å². The Morgan fingerprint density at radius 3 is 2.94 bits per heavy atom. The Bertz CT molecular complexity index is 353. The van der Waals surface area contributed by atoms with Crippen molar-refractivity contribution in [3.05, 3.63) is 36.4 Å². The van der Waals surface area contributed by atoms with Gasteiger partial charge in [-0.3, -0.25) is 0 Å². The lowest BCUT2D eigenvalue weighted by molar-refractivity contribution is 0.290. The van der Waals surface area contributed by atoms with Crippen molar-refractivity contribution in [3.63, 3.8) is 0 Å². The lowest BCUT2D eigenvalue weighted by Gasteiger charge is -2.14. The fourth-order valence-electron chi connectivity index (χ4n) is 1.47. The molecule has 0 aromatic heterocycles. The molecule has 1 aromatic rings. The minimum Gasteiger partial charge on any atom is -0.493 e. The van der Waals surface area contributed by atoms with E-state index in [1.165, 1.54) is 0 Å². The maximum Gasteiger partial charge on any atom is 0.166 e. The molecule has 4 nitrogen and oxygen atoms in total. The van der Waals surface area contributed by atoms with E-state index in [-0.39, 0.29) is 6.61 Å². The molecule has 0 unspecified atom stereocenters. The molecule has 0 spiro atoms. The summed E-state index contributed by atoms with van der Waals surface area (Å²) in [6, 6.07) is 5.73. The van der Waals surface area contributed by atoms with Crippen molar-refractivity contribution in [2.24, 2.45) is 0 Å². The van der Waals surface area contributed by atoms with Gasteiger partial charge in [0.15, 0.2) is 11.5 Å². The predicted molar refractivity (Wildman–Crippen MR) is 67.5 cm³/mol. The summed E-state index contributed by atoms with van der Waals surface area (Å²) in [5.74, 6) is 1.43. The van der Waals surface area contributed by atoms with Crippen molar-refractivity contribution in [1.29, 1.82) is 0 Å². The van der Waals surface area contributed by atoms with Gasteiger partial charge in [-0.05, 0) is 6.07 Å². The molecule has 1 aromatic carbocycles. The van der Waals surface area contributed by atoms with E-state index in [1.54, 1.807) is 13.2 Å². The van der Waals surface area contributed by atoms with Crippen LogP contribution in [0.1, 0.15) is 5.56 Å². The minimum absolute atomic E-state index is 0.118. The SMILES string of the molecule is C=CCOc1c(CNCCO)cccc1OC. The maximum absolute atomic E-state index is 8.72. The van der Waals surface area contributed by atoms with E-state index < -0.39 is 0 Å². The highest BCUT2D eigenvalue weighted by molar-refractivity contribution is 5.46. The molecule has 0 aliphatic rings. The van der Waals surface area contributed by atoms with Gasteiger partial charge in [-0.25, -0.2) is 0 Å². The van der Waals surface area contributed by atoms with E-state index in [9.17, 15) is 0 Å². The Morgan fingerprint density at radius 2 is 2.29 bits per heavy atom. The predicted octanol–water partition coefficient (Wildman–Crippen LogP) is 1.34. The molecule has 0 saturated heterocycles. The van der Waals surface area contributed by atoms with Crippen molar-refractivity contribution in [3.8, 4) is 11.5 Å². The highest BCUT2D eigenvalue weighted by atomic mass is 16.5. The molecule has 0 fully saturated rings. The van der Waals surface area contributed by atoms with Crippen LogP contribution >= 0.6 is 0 Å². The van der Waals surface area contributed by atoms with Crippen molar-refractivity contribution in [2.75, 3.05) is 26.9 Å². The zero-order chi connectivity index (χ0) is 12.5. The van der Waals surface area contributed by atoms with Gasteiger partial charge in [0.2, 0.25) is 0 Å². The largest absolute Gasteiger partial charge is 0.493 e. The number of rotatable bonds is 8. The number of hydrogen-bond acceptors (Lipinski definition) is 4. The first-order valence-corrected chi connectivity index (χ1v) is 5.54. The summed E-state index contributed by atoms with van der Waals surface area (Å²) < 4.78 is 10.8. The van der Waals surface area contributed by atoms with Crippen LogP contribution < -0.4 is 14.8 Å². The summed E-state index contributed by atoms with van der Waals surface area (Å²) >= 11 is 0. The number of methoxy groups -OCH3 is 1. The normalized spacial score (nSPS) is 10.0. The fourth-order valence-corrected chi connectivity index (χ4v) is 1.47. The summed E-state index contributed by atoms with van der Waals surface area (Å²) in [5.41, 5.74) is 1.000. The molecular weight excluding hydrogens is 218 g/mol. The quantitative estimate of drug-likeness (QED) is 0.529. The lowest BCUT2D eigenvalue weighted by Crippen LogP contribution is -2.18. The van der Waals surface area contributed by atoms with Crippen molar-refractivity contribution >= 4 is 0 Å². The van der Waals surface area contributed by atoms with E-state index in [4.69, 9.17) is 14.6 Å². The van der Waals surface area contributed by atoms with E-state index in [0.29, 0.717) is 25.4 Å². The smallest absolute Gasteiger partial charge is 0.166 e. The first-order chi connectivity index (χ1) is 8.33. The second-order valence-electron chi connectivity index (χ2n) is 3.45. The molecule has 0 aliphatic carbocycles. The van der Waals surface area contributed by atoms with Crippen LogP contribution in [0.5, 0.6) is 11.5 Å². The molecule has 94 valence electrons. The molecule has 0 amide bonds. The Morgan fingerprint density at radius 1 is 1.47 bits per heavy atom. The number of aliphatic hydroxyl groups excluding tert-OH is 1. The summed E-state index contributed by atoms with van der Waals surface area (Å²) in [6.45, 7) is 5.36. The molecule has 0 atom stereocenters. The summed E-state index contributed by atoms with van der Waals surface area (Å²) in [5, 5.41) is 11.8. The topological polar surface area (TPSA) is 50.7 Å². The van der Waals surface area contributed by atoms with Gasteiger partial charge in [0.1, 0.15) is 6.61 Å². The van der Waals surface area contributed by atoms with Crippen molar-refractivity contribution in [2.45, 2.75) is 6.54 Å². The minimum atomic E-state index is 0.118. The van der Waals surface area contributed by atoms with Crippen LogP contribution in [-0.2, 0) is 6.54 Å². The molecule has 4 heteroatoms. The molecule has 0 radical (unpaired) electrons. The number of aliphatic hydroxyl groups is 1. The Hall–Kier alpha value is -1.52. The average molecular weight is 237 g/mol. The van der Waals surface area contributed by atoms with Crippen molar-refractivity contribution in [1.82, 2.24) is 5.32 Å². The third-order valence-corrected chi connectivity index (χ3v) is 2.23. The Labute approximate surface area is 102 Å². The third kappa shape index (κ3) is 4.09. The van der Waals surface area contributed by atoms with Crippen LogP contribution in [0.4, 0.5) is 0 Å². The van der Waals surface area contributed by atoms with Gasteiger partial charge in [-0.15, -0.1) is 0 Å². The van der Waals surface area contributed by atoms with Gasteiger partial charge in [0.05, 0.1) is 13.7 Å². The molecule has 1 rings (SSSR count). The highest BCUT2D eigenvalue weighted by Crippen LogP contribution is 2.30. The van der Waals surface area contributed by atoms with Crippen molar-refractivity contribution < 1.29 is 14.6 Å². The number of ether oxygens (including phenoxy) is 2. The van der Waals surface area contributed by atoms with Gasteiger partial charge in [0, 0.05) is 18.7 Å². The van der Waals surface area contributed by atoms with Gasteiger partial charge < -0.3 is 19.9 Å². The third-order valence-electron chi connectivity index (χ3n) is 2.23. The van der Waals surface area contributed by atoms with Crippen LogP contribution in [0.3, 0.4) is 0 Å². The van der Waals surface area contributed by atoms with Crippen LogP contribution in [0, 0.1) is 0 Å². The van der Waals surface area contributed by atoms with Crippen LogP contribution in [0.25, 0.3) is 0 Å². The second kappa shape index (κ2) is 7.70. The summed E-state index contributed by atoms with van der Waals surface area (Å²) in [7, 11) is 1.61. The van der Waals surface area contributed by atoms with E-state index in [0.717, 1.165) is 11.3 Å². The van der Waals surface area contributed by atoms with Crippen LogP contribution in [-0.4, -0.2) is 32.0 Å². The maximum atomic E-state index is 8.72. The van der Waals surface area contributed by atoms with Crippen LogP contribution in [0.15, 0.2) is 30.9 Å².